The van der Waals surface area contributed by atoms with E-state index >= 15 is 0 Å². The van der Waals surface area contributed by atoms with E-state index in [1.807, 2.05) is 13.8 Å². The standard InChI is InChI=1S/C20H21N3O4/c1-7-6-23-16-11(5)9(3)8(2)10(4)14(16)21-18(23)15-12(7)17(24)13(20(26)27)19(25)22-15/h7H,6H2,1-5H3,(H,26,27)(H2,22,24,25). The monoisotopic (exact) mass is 367 g/mol. The molecule has 3 heterocycles. The van der Waals surface area contributed by atoms with Gasteiger partial charge in [0.05, 0.1) is 16.7 Å². The lowest BCUT2D eigenvalue weighted by Crippen LogP contribution is -2.25. The third-order valence-corrected chi connectivity index (χ3v) is 5.98. The fourth-order valence-electron chi connectivity index (χ4n) is 4.20. The number of imidazole rings is 1. The highest BCUT2D eigenvalue weighted by molar-refractivity contribution is 5.93. The summed E-state index contributed by atoms with van der Waals surface area (Å²) in [7, 11) is 0. The van der Waals surface area contributed by atoms with Crippen molar-refractivity contribution in [2.45, 2.75) is 47.1 Å². The quantitative estimate of drug-likeness (QED) is 0.612. The summed E-state index contributed by atoms with van der Waals surface area (Å²) >= 11 is 0. The van der Waals surface area contributed by atoms with Gasteiger partial charge in [-0.2, -0.15) is 0 Å². The predicted octanol–water partition coefficient (Wildman–Crippen LogP) is 3.15. The summed E-state index contributed by atoms with van der Waals surface area (Å²) in [6, 6.07) is 0. The van der Waals surface area contributed by atoms with Crippen LogP contribution in [0.1, 0.15) is 51.0 Å². The summed E-state index contributed by atoms with van der Waals surface area (Å²) in [5, 5.41) is 19.8. The van der Waals surface area contributed by atoms with E-state index in [9.17, 15) is 19.8 Å². The second-order valence-corrected chi connectivity index (χ2v) is 7.42. The SMILES string of the molecule is Cc1c(C)c(C)c2c(nc3n2CC(C)c2c-3[nH]c(=O)c(C(=O)O)c2O)c1C. The minimum absolute atomic E-state index is 0.179. The van der Waals surface area contributed by atoms with Gasteiger partial charge in [-0.3, -0.25) is 4.79 Å². The topological polar surface area (TPSA) is 108 Å². The van der Waals surface area contributed by atoms with Crippen LogP contribution in [0, 0.1) is 27.7 Å². The molecule has 140 valence electrons. The Balaban J connectivity index is 2.16. The molecule has 3 aromatic rings. The van der Waals surface area contributed by atoms with E-state index in [1.54, 1.807) is 0 Å². The molecule has 0 saturated carbocycles. The third-order valence-electron chi connectivity index (χ3n) is 5.98. The molecule has 1 aliphatic rings. The number of hydrogen-bond donors (Lipinski definition) is 3. The van der Waals surface area contributed by atoms with Crippen molar-refractivity contribution in [1.82, 2.24) is 14.5 Å². The number of aromatic carboxylic acids is 1. The molecule has 0 aliphatic carbocycles. The van der Waals surface area contributed by atoms with Gasteiger partial charge in [0.25, 0.3) is 5.56 Å². The number of carbonyl (C=O) groups is 1. The Kier molecular flexibility index (Phi) is 3.50. The first-order chi connectivity index (χ1) is 12.6. The highest BCUT2D eigenvalue weighted by Crippen LogP contribution is 2.43. The molecule has 0 bridgehead atoms. The minimum atomic E-state index is -1.44. The van der Waals surface area contributed by atoms with Crippen molar-refractivity contribution in [3.05, 3.63) is 43.7 Å². The molecule has 1 aromatic carbocycles. The lowest BCUT2D eigenvalue weighted by atomic mass is 9.92. The van der Waals surface area contributed by atoms with E-state index in [0.29, 0.717) is 23.6 Å². The van der Waals surface area contributed by atoms with Gasteiger partial charge in [-0.05, 0) is 49.9 Å². The first-order valence-corrected chi connectivity index (χ1v) is 8.84. The molecule has 7 nitrogen and oxygen atoms in total. The number of nitrogens with one attached hydrogen (secondary N) is 1. The zero-order valence-corrected chi connectivity index (χ0v) is 15.9. The normalized spacial score (nSPS) is 15.7. The van der Waals surface area contributed by atoms with Gasteiger partial charge in [-0.25, -0.2) is 9.78 Å². The summed E-state index contributed by atoms with van der Waals surface area (Å²) in [4.78, 5) is 31.1. The fourth-order valence-corrected chi connectivity index (χ4v) is 4.20. The second kappa shape index (κ2) is 5.45. The number of pyridine rings is 1. The van der Waals surface area contributed by atoms with Crippen molar-refractivity contribution in [2.24, 2.45) is 0 Å². The maximum Gasteiger partial charge on any atom is 0.345 e. The van der Waals surface area contributed by atoms with Crippen molar-refractivity contribution in [1.29, 1.82) is 0 Å². The molecule has 0 spiro atoms. The van der Waals surface area contributed by atoms with Crippen LogP contribution in [0.4, 0.5) is 0 Å². The average molecular weight is 367 g/mol. The van der Waals surface area contributed by atoms with Gasteiger partial charge < -0.3 is 19.8 Å². The van der Waals surface area contributed by atoms with E-state index in [0.717, 1.165) is 22.2 Å². The maximum absolute atomic E-state index is 12.3. The number of aromatic nitrogens is 3. The molecule has 1 aliphatic heterocycles. The Morgan fingerprint density at radius 2 is 1.78 bits per heavy atom. The third kappa shape index (κ3) is 2.11. The van der Waals surface area contributed by atoms with Gasteiger partial charge in [0.1, 0.15) is 5.75 Å². The predicted molar refractivity (Wildman–Crippen MR) is 102 cm³/mol. The van der Waals surface area contributed by atoms with Gasteiger partial charge >= 0.3 is 5.97 Å². The highest BCUT2D eigenvalue weighted by atomic mass is 16.4. The van der Waals surface area contributed by atoms with Crippen molar-refractivity contribution in [3.63, 3.8) is 0 Å². The Hall–Kier alpha value is -3.09. The fraction of sp³-hybridized carbons (Fsp3) is 0.350. The summed E-state index contributed by atoms with van der Waals surface area (Å²) in [6.07, 6.45) is 0. The second-order valence-electron chi connectivity index (χ2n) is 7.42. The van der Waals surface area contributed by atoms with Crippen LogP contribution < -0.4 is 5.56 Å². The Labute approximate surface area is 155 Å². The molecule has 0 fully saturated rings. The Morgan fingerprint density at radius 1 is 1.15 bits per heavy atom. The van der Waals surface area contributed by atoms with Crippen molar-refractivity contribution in [3.8, 4) is 17.3 Å². The zero-order chi connectivity index (χ0) is 19.8. The van der Waals surface area contributed by atoms with Gasteiger partial charge in [-0.1, -0.05) is 6.92 Å². The number of fused-ring (bicyclic) bond motifs is 5. The molecular formula is C20H21N3O4. The first kappa shape index (κ1) is 17.3. The van der Waals surface area contributed by atoms with Crippen LogP contribution in [0.25, 0.3) is 22.6 Å². The Morgan fingerprint density at radius 3 is 2.41 bits per heavy atom. The smallest absolute Gasteiger partial charge is 0.345 e. The molecule has 0 saturated heterocycles. The van der Waals surface area contributed by atoms with Crippen LogP contribution in [-0.4, -0.2) is 30.7 Å². The Bertz CT molecular complexity index is 1220. The molecule has 7 heteroatoms. The molecule has 2 aromatic heterocycles. The van der Waals surface area contributed by atoms with Crippen molar-refractivity contribution in [2.75, 3.05) is 0 Å². The van der Waals surface area contributed by atoms with Crippen LogP contribution in [-0.2, 0) is 6.54 Å². The summed E-state index contributed by atoms with van der Waals surface area (Å²) in [5.74, 6) is -1.53. The lowest BCUT2D eigenvalue weighted by Gasteiger charge is -2.26. The number of carboxylic acid groups (broad SMARTS) is 1. The van der Waals surface area contributed by atoms with E-state index < -0.39 is 22.8 Å². The number of rotatable bonds is 1. The van der Waals surface area contributed by atoms with Crippen LogP contribution in [0.2, 0.25) is 0 Å². The number of H-pyrrole nitrogens is 1. The first-order valence-electron chi connectivity index (χ1n) is 8.84. The molecular weight excluding hydrogens is 346 g/mol. The summed E-state index contributed by atoms with van der Waals surface area (Å²) in [6.45, 7) is 10.7. The summed E-state index contributed by atoms with van der Waals surface area (Å²) < 4.78 is 2.06. The van der Waals surface area contributed by atoms with Gasteiger partial charge in [-0.15, -0.1) is 0 Å². The molecule has 0 amide bonds. The van der Waals surface area contributed by atoms with Crippen LogP contribution >= 0.6 is 0 Å². The maximum atomic E-state index is 12.3. The number of carboxylic acids is 1. The highest BCUT2D eigenvalue weighted by Gasteiger charge is 2.33. The number of aromatic amines is 1. The molecule has 3 N–H and O–H groups in total. The van der Waals surface area contributed by atoms with Crippen LogP contribution in [0.3, 0.4) is 0 Å². The largest absolute Gasteiger partial charge is 0.506 e. The van der Waals surface area contributed by atoms with Crippen molar-refractivity contribution < 1.29 is 15.0 Å². The molecule has 1 atom stereocenters. The number of nitrogens with zero attached hydrogens (tertiary/aromatic N) is 2. The molecule has 27 heavy (non-hydrogen) atoms. The van der Waals surface area contributed by atoms with Crippen molar-refractivity contribution >= 4 is 17.0 Å². The average Bonchev–Trinajstić information content (AvgIpc) is 2.97. The number of aromatic hydroxyl groups is 1. The van der Waals surface area contributed by atoms with E-state index in [1.165, 1.54) is 11.1 Å². The minimum Gasteiger partial charge on any atom is -0.506 e. The van der Waals surface area contributed by atoms with Crippen LogP contribution in [0.5, 0.6) is 5.75 Å². The van der Waals surface area contributed by atoms with Gasteiger partial charge in [0.2, 0.25) is 0 Å². The molecule has 4 rings (SSSR count). The zero-order valence-electron chi connectivity index (χ0n) is 15.9. The number of benzene rings is 1. The summed E-state index contributed by atoms with van der Waals surface area (Å²) in [5.41, 5.74) is 5.87. The lowest BCUT2D eigenvalue weighted by molar-refractivity contribution is 0.0691. The van der Waals surface area contributed by atoms with E-state index in [-0.39, 0.29) is 5.92 Å². The van der Waals surface area contributed by atoms with E-state index in [2.05, 4.69) is 30.3 Å². The van der Waals surface area contributed by atoms with E-state index in [4.69, 9.17) is 4.98 Å². The molecule has 1 unspecified atom stereocenters. The van der Waals surface area contributed by atoms with Crippen LogP contribution in [0.15, 0.2) is 4.79 Å². The number of aryl methyl sites for hydroxylation is 2. The number of hydrogen-bond acceptors (Lipinski definition) is 4. The van der Waals surface area contributed by atoms with Gasteiger partial charge in [0.15, 0.2) is 11.4 Å². The molecule has 0 radical (unpaired) electrons. The van der Waals surface area contributed by atoms with Gasteiger partial charge in [0, 0.05) is 18.0 Å².